The lowest BCUT2D eigenvalue weighted by Gasteiger charge is -2.34. The van der Waals surface area contributed by atoms with Gasteiger partial charge in [-0.2, -0.15) is 0 Å². The largest absolute Gasteiger partial charge is 0.357 e. The zero-order valence-corrected chi connectivity index (χ0v) is 19.8. The molecule has 33 heavy (non-hydrogen) atoms. The zero-order valence-electron chi connectivity index (χ0n) is 19.8. The number of carbonyl (C=O) groups excluding carboxylic acids is 1. The maximum atomic E-state index is 11.9. The number of piperidine rings is 1. The molecule has 1 unspecified atom stereocenters. The van der Waals surface area contributed by atoms with Crippen molar-refractivity contribution in [3.8, 4) is 0 Å². The van der Waals surface area contributed by atoms with Gasteiger partial charge in [0.15, 0.2) is 5.96 Å². The van der Waals surface area contributed by atoms with Gasteiger partial charge >= 0.3 is 0 Å². The number of hydrogen-bond acceptors (Lipinski definition) is 3. The SMILES string of the molecule is CCNC(=NCc1cccc(CN2CCCC2=O)c1)NC1CCCN(Cc2ccccc2)C1. The molecule has 176 valence electrons. The Morgan fingerprint density at radius 2 is 1.82 bits per heavy atom. The number of aliphatic imine (C=N–C) groups is 1. The fourth-order valence-corrected chi connectivity index (χ4v) is 4.76. The molecule has 0 radical (unpaired) electrons. The molecule has 2 fully saturated rings. The van der Waals surface area contributed by atoms with Crippen LogP contribution in [0.15, 0.2) is 59.6 Å². The maximum absolute atomic E-state index is 11.9. The van der Waals surface area contributed by atoms with Crippen LogP contribution in [-0.2, 0) is 24.4 Å². The molecule has 6 heteroatoms. The van der Waals surface area contributed by atoms with E-state index < -0.39 is 0 Å². The lowest BCUT2D eigenvalue weighted by atomic mass is 10.0. The minimum atomic E-state index is 0.269. The van der Waals surface area contributed by atoms with E-state index in [1.54, 1.807) is 0 Å². The third-order valence-electron chi connectivity index (χ3n) is 6.40. The van der Waals surface area contributed by atoms with E-state index in [0.29, 0.717) is 25.6 Å². The average Bonchev–Trinajstić information content (AvgIpc) is 3.23. The molecular weight excluding hydrogens is 410 g/mol. The van der Waals surface area contributed by atoms with Crippen molar-refractivity contribution >= 4 is 11.9 Å². The number of nitrogens with zero attached hydrogens (tertiary/aromatic N) is 3. The van der Waals surface area contributed by atoms with Crippen LogP contribution in [0.2, 0.25) is 0 Å². The Kier molecular flexibility index (Phi) is 8.36. The van der Waals surface area contributed by atoms with Gasteiger partial charge in [-0.25, -0.2) is 4.99 Å². The van der Waals surface area contributed by atoms with Gasteiger partial charge in [0.25, 0.3) is 0 Å². The van der Waals surface area contributed by atoms with Crippen LogP contribution < -0.4 is 10.6 Å². The van der Waals surface area contributed by atoms with Gasteiger partial charge in [-0.1, -0.05) is 54.6 Å². The Morgan fingerprint density at radius 1 is 1.00 bits per heavy atom. The molecule has 2 saturated heterocycles. The monoisotopic (exact) mass is 447 g/mol. The molecule has 1 amide bonds. The number of guanidine groups is 1. The molecule has 2 heterocycles. The van der Waals surface area contributed by atoms with Crippen molar-refractivity contribution in [2.24, 2.45) is 4.99 Å². The molecule has 2 aromatic rings. The summed E-state index contributed by atoms with van der Waals surface area (Å²) in [6.07, 6.45) is 4.02. The number of hydrogen-bond donors (Lipinski definition) is 2. The lowest BCUT2D eigenvalue weighted by Crippen LogP contribution is -2.51. The Hall–Kier alpha value is -2.86. The number of likely N-dealkylation sites (tertiary alicyclic amines) is 2. The molecule has 2 N–H and O–H groups in total. The van der Waals surface area contributed by atoms with E-state index in [0.717, 1.165) is 51.5 Å². The fourth-order valence-electron chi connectivity index (χ4n) is 4.76. The first kappa shape index (κ1) is 23.3. The standard InChI is InChI=1S/C27H37N5O/c1-2-28-27(30-25-13-7-15-31(21-25)19-22-9-4-3-5-10-22)29-18-23-11-6-12-24(17-23)20-32-16-8-14-26(32)33/h3-6,9-12,17,25H,2,7-8,13-16,18-21H2,1H3,(H2,28,29,30). The summed E-state index contributed by atoms with van der Waals surface area (Å²) in [5.74, 6) is 1.15. The van der Waals surface area contributed by atoms with Gasteiger partial charge in [-0.3, -0.25) is 9.69 Å². The van der Waals surface area contributed by atoms with Gasteiger partial charge in [-0.15, -0.1) is 0 Å². The molecule has 2 aliphatic heterocycles. The maximum Gasteiger partial charge on any atom is 0.222 e. The second-order valence-corrected chi connectivity index (χ2v) is 9.14. The first-order chi connectivity index (χ1) is 16.2. The third-order valence-corrected chi connectivity index (χ3v) is 6.40. The van der Waals surface area contributed by atoms with Crippen molar-refractivity contribution in [2.45, 2.75) is 58.3 Å². The Balaban J connectivity index is 1.33. The highest BCUT2D eigenvalue weighted by Gasteiger charge is 2.21. The number of carbonyl (C=O) groups is 1. The van der Waals surface area contributed by atoms with Crippen LogP contribution >= 0.6 is 0 Å². The summed E-state index contributed by atoms with van der Waals surface area (Å²) >= 11 is 0. The highest BCUT2D eigenvalue weighted by atomic mass is 16.2. The van der Waals surface area contributed by atoms with Crippen molar-refractivity contribution < 1.29 is 4.79 Å². The minimum absolute atomic E-state index is 0.269. The number of rotatable bonds is 8. The predicted octanol–water partition coefficient (Wildman–Crippen LogP) is 3.53. The summed E-state index contributed by atoms with van der Waals surface area (Å²) in [6.45, 7) is 8.31. The van der Waals surface area contributed by atoms with E-state index in [9.17, 15) is 4.79 Å². The average molecular weight is 448 g/mol. The van der Waals surface area contributed by atoms with Crippen LogP contribution in [0.25, 0.3) is 0 Å². The lowest BCUT2D eigenvalue weighted by molar-refractivity contribution is -0.128. The van der Waals surface area contributed by atoms with E-state index in [4.69, 9.17) is 4.99 Å². The molecule has 0 saturated carbocycles. The third kappa shape index (κ3) is 7.06. The summed E-state index contributed by atoms with van der Waals surface area (Å²) in [7, 11) is 0. The molecule has 2 aromatic carbocycles. The van der Waals surface area contributed by atoms with Crippen molar-refractivity contribution in [3.63, 3.8) is 0 Å². The molecule has 4 rings (SSSR count). The molecule has 0 aromatic heterocycles. The number of amides is 1. The van der Waals surface area contributed by atoms with Crippen LogP contribution in [0.4, 0.5) is 0 Å². The predicted molar refractivity (Wildman–Crippen MR) is 134 cm³/mol. The molecule has 6 nitrogen and oxygen atoms in total. The van der Waals surface area contributed by atoms with Crippen molar-refractivity contribution in [3.05, 3.63) is 71.3 Å². The minimum Gasteiger partial charge on any atom is -0.357 e. The topological polar surface area (TPSA) is 60.0 Å². The summed E-state index contributed by atoms with van der Waals surface area (Å²) in [5.41, 5.74) is 3.72. The van der Waals surface area contributed by atoms with E-state index in [-0.39, 0.29) is 5.91 Å². The highest BCUT2D eigenvalue weighted by molar-refractivity contribution is 5.80. The van der Waals surface area contributed by atoms with Crippen molar-refractivity contribution in [1.29, 1.82) is 0 Å². The molecule has 0 aliphatic carbocycles. The summed E-state index contributed by atoms with van der Waals surface area (Å²) in [5, 5.41) is 7.08. The summed E-state index contributed by atoms with van der Waals surface area (Å²) < 4.78 is 0. The van der Waals surface area contributed by atoms with E-state index in [1.165, 1.54) is 23.1 Å². The van der Waals surface area contributed by atoms with Crippen LogP contribution in [0, 0.1) is 0 Å². The van der Waals surface area contributed by atoms with Gasteiger partial charge in [0.2, 0.25) is 5.91 Å². The quantitative estimate of drug-likeness (QED) is 0.480. The van der Waals surface area contributed by atoms with E-state index >= 15 is 0 Å². The van der Waals surface area contributed by atoms with Crippen LogP contribution in [0.5, 0.6) is 0 Å². The van der Waals surface area contributed by atoms with Gasteiger partial charge in [0.1, 0.15) is 0 Å². The van der Waals surface area contributed by atoms with E-state index in [1.807, 2.05) is 4.90 Å². The Bertz CT molecular complexity index is 929. The van der Waals surface area contributed by atoms with Gasteiger partial charge in [0.05, 0.1) is 6.54 Å². The zero-order chi connectivity index (χ0) is 22.9. The Morgan fingerprint density at radius 3 is 2.61 bits per heavy atom. The van der Waals surface area contributed by atoms with Gasteiger partial charge in [0, 0.05) is 45.2 Å². The normalized spacial score (nSPS) is 19.7. The van der Waals surface area contributed by atoms with Crippen LogP contribution in [0.1, 0.15) is 49.3 Å². The second kappa shape index (κ2) is 11.8. The first-order valence-corrected chi connectivity index (χ1v) is 12.4. The molecular formula is C27H37N5O. The molecule has 0 bridgehead atoms. The number of nitrogens with one attached hydrogen (secondary N) is 2. The van der Waals surface area contributed by atoms with Crippen molar-refractivity contribution in [1.82, 2.24) is 20.4 Å². The molecule has 1 atom stereocenters. The molecule has 0 spiro atoms. The first-order valence-electron chi connectivity index (χ1n) is 12.4. The van der Waals surface area contributed by atoms with Crippen LogP contribution in [0.3, 0.4) is 0 Å². The highest BCUT2D eigenvalue weighted by Crippen LogP contribution is 2.16. The van der Waals surface area contributed by atoms with Gasteiger partial charge in [-0.05, 0) is 49.4 Å². The summed E-state index contributed by atoms with van der Waals surface area (Å²) in [6, 6.07) is 19.6. The molecule has 2 aliphatic rings. The van der Waals surface area contributed by atoms with Gasteiger partial charge < -0.3 is 15.5 Å². The second-order valence-electron chi connectivity index (χ2n) is 9.14. The Labute approximate surface area is 198 Å². The van der Waals surface area contributed by atoms with Crippen LogP contribution in [-0.4, -0.2) is 53.9 Å². The smallest absolute Gasteiger partial charge is 0.222 e. The summed E-state index contributed by atoms with van der Waals surface area (Å²) in [4.78, 5) is 21.3. The fraction of sp³-hybridized carbons (Fsp3) is 0.481. The number of benzene rings is 2. The van der Waals surface area contributed by atoms with E-state index in [2.05, 4.69) is 77.1 Å². The van der Waals surface area contributed by atoms with Crippen molar-refractivity contribution in [2.75, 3.05) is 26.2 Å².